The molecule has 57 heavy (non-hydrogen) atoms. The van der Waals surface area contributed by atoms with Gasteiger partial charge in [0.15, 0.2) is 0 Å². The van der Waals surface area contributed by atoms with E-state index >= 15 is 0 Å². The van der Waals surface area contributed by atoms with Crippen molar-refractivity contribution in [2.24, 2.45) is 35.0 Å². The molecule has 7 aliphatic carbocycles. The van der Waals surface area contributed by atoms with E-state index in [9.17, 15) is 0 Å². The van der Waals surface area contributed by atoms with Gasteiger partial charge in [0.25, 0.3) is 0 Å². The quantitative estimate of drug-likeness (QED) is 0.290. The highest BCUT2D eigenvalue weighted by atomic mass is 32.2. The molecular formula is C52H55N3OS. The van der Waals surface area contributed by atoms with Crippen LogP contribution in [0.25, 0.3) is 12.2 Å². The van der Waals surface area contributed by atoms with Gasteiger partial charge in [-0.2, -0.15) is 0 Å². The van der Waals surface area contributed by atoms with Gasteiger partial charge in [0.2, 0.25) is 5.95 Å². The molecule has 5 heteroatoms. The molecule has 0 radical (unpaired) electrons. The molecule has 1 fully saturated rings. The largest absolute Gasteiger partial charge is 0.488 e. The number of allylic oxidation sites excluding steroid dienone is 12. The standard InChI is InChI=1S/C52H55N3OS/c1-31-13-3-4-14-34(31)36-17-11-18-37-38-19-12-20-40(50(38)56-49(36)37)48-39-16-5-7-21-43(39)53-51(54-48)55-44-22-8-6-15-35(44)41-29-32(24-26-45(41)55)33-25-27-46-42(30-33)52(2)28-10-9-23-47(52)57-46/h3,6,8-11,13,15-16,18-19,21-22,24-27,30-32,34,36,40-42,45-47,50H,4-5,7,12,14,17,20,23,28-29H2,1-2H3. The average molecular weight is 770 g/mol. The first-order chi connectivity index (χ1) is 28.0. The van der Waals surface area contributed by atoms with Crippen LogP contribution >= 0.6 is 11.8 Å². The Hall–Kier alpha value is -4.09. The van der Waals surface area contributed by atoms with Crippen molar-refractivity contribution in [1.29, 1.82) is 0 Å². The highest BCUT2D eigenvalue weighted by Crippen LogP contribution is 2.60. The van der Waals surface area contributed by atoms with Crippen LogP contribution in [0.15, 0.2) is 120 Å². The van der Waals surface area contributed by atoms with Crippen LogP contribution in [-0.4, -0.2) is 32.6 Å². The topological polar surface area (TPSA) is 38.2 Å². The third-order valence-electron chi connectivity index (χ3n) is 15.9. The van der Waals surface area contributed by atoms with Crippen LogP contribution < -0.4 is 15.5 Å². The lowest BCUT2D eigenvalue weighted by atomic mass is 9.65. The molecule has 0 spiro atoms. The molecule has 0 amide bonds. The van der Waals surface area contributed by atoms with Gasteiger partial charge in [-0.15, -0.1) is 11.8 Å². The van der Waals surface area contributed by atoms with E-state index in [4.69, 9.17) is 14.7 Å². The van der Waals surface area contributed by atoms with E-state index in [1.54, 1.807) is 0 Å². The summed E-state index contributed by atoms with van der Waals surface area (Å²) in [7, 11) is 0. The smallest absolute Gasteiger partial charge is 0.231 e. The molecule has 10 aliphatic rings. The van der Waals surface area contributed by atoms with Gasteiger partial charge in [-0.1, -0.05) is 117 Å². The summed E-state index contributed by atoms with van der Waals surface area (Å²) in [5.74, 6) is 5.40. The maximum Gasteiger partial charge on any atom is 0.231 e. The van der Waals surface area contributed by atoms with Gasteiger partial charge in [0, 0.05) is 50.7 Å². The molecule has 2 aromatic rings. The summed E-state index contributed by atoms with van der Waals surface area (Å²) in [6, 6.07) is 9.34. The van der Waals surface area contributed by atoms with Gasteiger partial charge in [0.1, 0.15) is 11.9 Å². The molecule has 1 aromatic carbocycles. The number of thioether (sulfide) groups is 1. The molecule has 12 rings (SSSR count). The summed E-state index contributed by atoms with van der Waals surface area (Å²) in [4.78, 5) is 13.7. The minimum atomic E-state index is 0.0106. The predicted molar refractivity (Wildman–Crippen MR) is 234 cm³/mol. The summed E-state index contributed by atoms with van der Waals surface area (Å²) in [5.41, 5.74) is 8.56. The van der Waals surface area contributed by atoms with Crippen molar-refractivity contribution in [3.05, 3.63) is 141 Å². The van der Waals surface area contributed by atoms with Gasteiger partial charge in [-0.25, -0.2) is 9.97 Å². The zero-order chi connectivity index (χ0) is 37.8. The van der Waals surface area contributed by atoms with E-state index in [2.05, 4.69) is 140 Å². The molecule has 1 aromatic heterocycles. The van der Waals surface area contributed by atoms with Crippen molar-refractivity contribution in [3.8, 4) is 0 Å². The summed E-state index contributed by atoms with van der Waals surface area (Å²) < 4.78 is 7.29. The molecule has 290 valence electrons. The Morgan fingerprint density at radius 1 is 0.842 bits per heavy atom. The minimum absolute atomic E-state index is 0.0106. The number of aromatic nitrogens is 2. The maximum atomic E-state index is 7.29. The molecule has 1 saturated heterocycles. The number of para-hydroxylation sites is 1. The van der Waals surface area contributed by atoms with Crippen molar-refractivity contribution in [1.82, 2.24) is 9.97 Å². The van der Waals surface area contributed by atoms with Gasteiger partial charge < -0.3 is 9.64 Å². The van der Waals surface area contributed by atoms with E-state index in [1.165, 1.54) is 70.3 Å². The van der Waals surface area contributed by atoms with Crippen molar-refractivity contribution < 1.29 is 4.74 Å². The van der Waals surface area contributed by atoms with Gasteiger partial charge >= 0.3 is 0 Å². The van der Waals surface area contributed by atoms with Crippen LogP contribution in [0, 0.1) is 35.0 Å². The number of ether oxygens (including phenoxy) is 1. The number of nitrogens with zero attached hydrogens (tertiary/aromatic N) is 3. The van der Waals surface area contributed by atoms with Crippen LogP contribution in [-0.2, 0) is 4.74 Å². The number of hydrogen-bond acceptors (Lipinski definition) is 5. The molecule has 0 N–H and O–H groups in total. The van der Waals surface area contributed by atoms with Crippen molar-refractivity contribution >= 4 is 35.5 Å². The Balaban J connectivity index is 0.893. The first-order valence-electron chi connectivity index (χ1n) is 22.3. The molecule has 12 unspecified atom stereocenters. The first-order valence-corrected chi connectivity index (χ1v) is 23.3. The van der Waals surface area contributed by atoms with Gasteiger partial charge in [-0.05, 0) is 110 Å². The van der Waals surface area contributed by atoms with Crippen molar-refractivity contribution in [2.75, 3.05) is 4.90 Å². The van der Waals surface area contributed by atoms with Crippen molar-refractivity contribution in [2.45, 2.75) is 113 Å². The average Bonchev–Trinajstić information content (AvgIpc) is 3.90. The second-order valence-corrected chi connectivity index (χ2v) is 20.3. The molecule has 4 nitrogen and oxygen atoms in total. The van der Waals surface area contributed by atoms with E-state index in [-0.39, 0.29) is 18.1 Å². The second kappa shape index (κ2) is 13.5. The molecular weight excluding hydrogens is 715 g/mol. The SMILES string of the molecule is CC1C=CCCC1C1CC=CC2=C1OC1C2=CCCC1c1nc(N2c3ccccc3C3CC(C4=CC5C(C=C4)SC4CC=CCC45C)C=CC32)nc2c1=CCCC=2. The zero-order valence-corrected chi connectivity index (χ0v) is 34.3. The van der Waals surface area contributed by atoms with E-state index < -0.39 is 0 Å². The lowest BCUT2D eigenvalue weighted by molar-refractivity contribution is 0.0877. The van der Waals surface area contributed by atoms with Gasteiger partial charge in [-0.3, -0.25) is 0 Å². The highest BCUT2D eigenvalue weighted by molar-refractivity contribution is 8.01. The molecule has 4 heterocycles. The summed E-state index contributed by atoms with van der Waals surface area (Å²) in [6.45, 7) is 4.97. The Morgan fingerprint density at radius 3 is 2.72 bits per heavy atom. The number of rotatable bonds is 4. The Bertz CT molecular complexity index is 2410. The van der Waals surface area contributed by atoms with Gasteiger partial charge in [0.05, 0.1) is 17.1 Å². The third kappa shape index (κ3) is 5.39. The molecule has 0 saturated carbocycles. The van der Waals surface area contributed by atoms with E-state index in [0.29, 0.717) is 46.2 Å². The second-order valence-electron chi connectivity index (χ2n) is 18.9. The fourth-order valence-electron chi connectivity index (χ4n) is 12.9. The number of fused-ring (bicyclic) bond motifs is 9. The third-order valence-corrected chi connectivity index (χ3v) is 17.8. The summed E-state index contributed by atoms with van der Waals surface area (Å²) in [5, 5.41) is 3.69. The molecule has 3 aliphatic heterocycles. The van der Waals surface area contributed by atoms with E-state index in [0.717, 1.165) is 55.1 Å². The predicted octanol–water partition coefficient (Wildman–Crippen LogP) is 10.6. The summed E-state index contributed by atoms with van der Waals surface area (Å²) >= 11 is 2.22. The van der Waals surface area contributed by atoms with E-state index in [1.807, 2.05) is 0 Å². The maximum absolute atomic E-state index is 7.29. The lowest BCUT2D eigenvalue weighted by Crippen LogP contribution is -2.42. The highest BCUT2D eigenvalue weighted by Gasteiger charge is 2.52. The van der Waals surface area contributed by atoms with Crippen LogP contribution in [0.1, 0.15) is 101 Å². The monoisotopic (exact) mass is 769 g/mol. The first kappa shape index (κ1) is 34.9. The van der Waals surface area contributed by atoms with Crippen LogP contribution in [0.3, 0.4) is 0 Å². The lowest BCUT2D eigenvalue weighted by Gasteiger charge is -2.38. The van der Waals surface area contributed by atoms with Crippen molar-refractivity contribution in [3.63, 3.8) is 0 Å². The fraction of sp³-hybridized carbons (Fsp3) is 0.462. The Morgan fingerprint density at radius 2 is 1.77 bits per heavy atom. The number of hydrogen-bond donors (Lipinski definition) is 0. The summed E-state index contributed by atoms with van der Waals surface area (Å²) in [6.07, 6.45) is 45.8. The normalized spacial score (nSPS) is 39.1. The van der Waals surface area contributed by atoms with Crippen LogP contribution in [0.5, 0.6) is 0 Å². The Kier molecular flexibility index (Phi) is 8.25. The minimum Gasteiger partial charge on any atom is -0.488 e. The number of benzene rings is 1. The van der Waals surface area contributed by atoms with Crippen LogP contribution in [0.2, 0.25) is 0 Å². The fourth-order valence-corrected chi connectivity index (χ4v) is 14.8. The van der Waals surface area contributed by atoms with Crippen LogP contribution in [0.4, 0.5) is 11.6 Å². The molecule has 0 bridgehead atoms. The number of anilines is 2. The molecule has 12 atom stereocenters. The Labute approximate surface area is 342 Å². The zero-order valence-electron chi connectivity index (χ0n) is 33.5.